The fraction of sp³-hybridized carbons (Fsp3) is 0.333. The molecule has 2 N–H and O–H groups in total. The van der Waals surface area contributed by atoms with Gasteiger partial charge in [-0.2, -0.15) is 0 Å². The van der Waals surface area contributed by atoms with Crippen LogP contribution in [0.1, 0.15) is 31.4 Å². The third-order valence-electron chi connectivity index (χ3n) is 4.06. The number of carbonyl (C=O) groups excluding carboxylic acids is 1. The Morgan fingerprint density at radius 1 is 1.27 bits per heavy atom. The van der Waals surface area contributed by atoms with Gasteiger partial charge in [0.1, 0.15) is 0 Å². The Labute approximate surface area is 126 Å². The van der Waals surface area contributed by atoms with Gasteiger partial charge in [-0.15, -0.1) is 0 Å². The smallest absolute Gasteiger partial charge is 0.219 e. The third-order valence-corrected chi connectivity index (χ3v) is 4.06. The van der Waals surface area contributed by atoms with Gasteiger partial charge in [0.05, 0.1) is 6.04 Å². The van der Waals surface area contributed by atoms with Crippen LogP contribution in [0.3, 0.4) is 0 Å². The van der Waals surface area contributed by atoms with Crippen molar-refractivity contribution in [2.45, 2.75) is 25.8 Å². The highest BCUT2D eigenvalue weighted by molar-refractivity contribution is 6.00. The van der Waals surface area contributed by atoms with Crippen LogP contribution in [0.15, 0.2) is 40.4 Å². The van der Waals surface area contributed by atoms with Crippen molar-refractivity contribution in [3.63, 3.8) is 0 Å². The molecule has 0 unspecified atom stereocenters. The molecule has 2 aliphatic rings. The van der Waals surface area contributed by atoms with Gasteiger partial charge >= 0.3 is 0 Å². The summed E-state index contributed by atoms with van der Waals surface area (Å²) >= 11 is 0. The summed E-state index contributed by atoms with van der Waals surface area (Å²) in [4.78, 5) is 16.8. The van der Waals surface area contributed by atoms with Crippen molar-refractivity contribution in [1.29, 1.82) is 0 Å². The molecule has 1 aliphatic carbocycles. The minimum Gasteiger partial charge on any atom is -0.353 e. The monoisotopic (exact) mass is 297 g/mol. The Balaban J connectivity index is 1.87. The molecule has 0 spiro atoms. The quantitative estimate of drug-likeness (QED) is 0.834. The van der Waals surface area contributed by atoms with E-state index in [0.717, 1.165) is 23.3 Å². The molecule has 2 atom stereocenters. The molecular formula is C15H15N5O2. The Hall–Kier alpha value is -2.70. The SMILES string of the molecule is C[C@@H]1CC(=O)C2=C(C1)Nc1nonc1N[C@@H]2c1cccnc1. The molecule has 7 heteroatoms. The average molecular weight is 297 g/mol. The number of aromatic nitrogens is 3. The number of fused-ring (bicyclic) bond motifs is 1. The molecule has 0 bridgehead atoms. The van der Waals surface area contributed by atoms with E-state index in [9.17, 15) is 4.79 Å². The van der Waals surface area contributed by atoms with E-state index >= 15 is 0 Å². The van der Waals surface area contributed by atoms with E-state index in [1.807, 2.05) is 12.1 Å². The molecule has 2 aromatic heterocycles. The zero-order chi connectivity index (χ0) is 15.1. The van der Waals surface area contributed by atoms with Crippen molar-refractivity contribution in [2.24, 2.45) is 5.92 Å². The summed E-state index contributed by atoms with van der Waals surface area (Å²) in [7, 11) is 0. The molecule has 0 amide bonds. The number of Topliss-reactive ketones (excluding diaryl/α,β-unsaturated/α-hetero) is 1. The first-order chi connectivity index (χ1) is 10.7. The lowest BCUT2D eigenvalue weighted by molar-refractivity contribution is -0.117. The van der Waals surface area contributed by atoms with Crippen LogP contribution in [0.2, 0.25) is 0 Å². The Morgan fingerprint density at radius 3 is 2.95 bits per heavy atom. The van der Waals surface area contributed by atoms with Crippen molar-refractivity contribution in [3.8, 4) is 0 Å². The molecule has 0 aromatic carbocycles. The number of nitrogens with one attached hydrogen (secondary N) is 2. The first kappa shape index (κ1) is 13.0. The number of hydrogen-bond donors (Lipinski definition) is 2. The standard InChI is InChI=1S/C15H15N5O2/c1-8-5-10-12(11(21)6-8)13(9-3-2-4-16-7-9)18-15-14(17-10)19-22-20-15/h2-4,7-8,13H,5-6H2,1H3,(H,17,19)(H,18,20)/t8-,13+/m0/s1. The lowest BCUT2D eigenvalue weighted by Gasteiger charge is -2.27. The summed E-state index contributed by atoms with van der Waals surface area (Å²) in [5.74, 6) is 1.46. The highest BCUT2D eigenvalue weighted by Crippen LogP contribution is 2.40. The molecule has 3 heterocycles. The minimum atomic E-state index is -0.302. The number of ketones is 1. The van der Waals surface area contributed by atoms with Gasteiger partial charge in [-0.1, -0.05) is 13.0 Å². The maximum absolute atomic E-state index is 12.6. The van der Waals surface area contributed by atoms with Crippen LogP contribution < -0.4 is 10.6 Å². The van der Waals surface area contributed by atoms with Crippen LogP contribution in [0.25, 0.3) is 0 Å². The fourth-order valence-corrected chi connectivity index (χ4v) is 3.09. The number of pyridine rings is 1. The van der Waals surface area contributed by atoms with Crippen LogP contribution in [-0.2, 0) is 4.79 Å². The molecule has 112 valence electrons. The molecule has 0 fully saturated rings. The zero-order valence-corrected chi connectivity index (χ0v) is 12.0. The van der Waals surface area contributed by atoms with E-state index < -0.39 is 0 Å². The molecule has 2 aromatic rings. The number of hydrogen-bond acceptors (Lipinski definition) is 7. The third kappa shape index (κ3) is 2.05. The second-order valence-corrected chi connectivity index (χ2v) is 5.78. The molecule has 1 aliphatic heterocycles. The van der Waals surface area contributed by atoms with E-state index in [4.69, 9.17) is 4.63 Å². The number of carbonyl (C=O) groups is 1. The molecule has 0 saturated carbocycles. The van der Waals surface area contributed by atoms with Crippen LogP contribution in [0, 0.1) is 5.92 Å². The Morgan fingerprint density at radius 2 is 2.14 bits per heavy atom. The van der Waals surface area contributed by atoms with Gasteiger partial charge in [-0.25, -0.2) is 4.63 Å². The van der Waals surface area contributed by atoms with E-state index in [1.165, 1.54) is 0 Å². The van der Waals surface area contributed by atoms with Crippen LogP contribution in [0.5, 0.6) is 0 Å². The molecule has 0 saturated heterocycles. The van der Waals surface area contributed by atoms with Crippen molar-refractivity contribution in [2.75, 3.05) is 10.6 Å². The van der Waals surface area contributed by atoms with E-state index in [1.54, 1.807) is 12.4 Å². The zero-order valence-electron chi connectivity index (χ0n) is 12.0. The topological polar surface area (TPSA) is 92.9 Å². The summed E-state index contributed by atoms with van der Waals surface area (Å²) < 4.78 is 4.79. The van der Waals surface area contributed by atoms with E-state index in [-0.39, 0.29) is 11.8 Å². The van der Waals surface area contributed by atoms with Gasteiger partial charge in [0, 0.05) is 30.1 Å². The van der Waals surface area contributed by atoms with Crippen molar-refractivity contribution >= 4 is 17.4 Å². The predicted molar refractivity (Wildman–Crippen MR) is 79.0 cm³/mol. The van der Waals surface area contributed by atoms with Crippen molar-refractivity contribution in [1.82, 2.24) is 15.3 Å². The van der Waals surface area contributed by atoms with Crippen LogP contribution >= 0.6 is 0 Å². The van der Waals surface area contributed by atoms with Gasteiger partial charge in [-0.3, -0.25) is 9.78 Å². The summed E-state index contributed by atoms with van der Waals surface area (Å²) in [6, 6.07) is 3.50. The molecule has 7 nitrogen and oxygen atoms in total. The second kappa shape index (κ2) is 4.94. The minimum absolute atomic E-state index is 0.143. The number of nitrogens with zero attached hydrogens (tertiary/aromatic N) is 3. The lowest BCUT2D eigenvalue weighted by atomic mass is 9.82. The second-order valence-electron chi connectivity index (χ2n) is 5.78. The number of allylic oxidation sites excluding steroid dienone is 1. The van der Waals surface area contributed by atoms with Crippen molar-refractivity contribution < 1.29 is 9.42 Å². The van der Waals surface area contributed by atoms with E-state index in [0.29, 0.717) is 24.0 Å². The largest absolute Gasteiger partial charge is 0.353 e. The highest BCUT2D eigenvalue weighted by Gasteiger charge is 2.35. The number of rotatable bonds is 1. The maximum atomic E-state index is 12.6. The average Bonchev–Trinajstić information content (AvgIpc) is 2.87. The van der Waals surface area contributed by atoms with Gasteiger partial charge < -0.3 is 10.6 Å². The van der Waals surface area contributed by atoms with E-state index in [2.05, 4.69) is 32.9 Å². The number of anilines is 2. The van der Waals surface area contributed by atoms with Crippen LogP contribution in [0.4, 0.5) is 11.6 Å². The van der Waals surface area contributed by atoms with Gasteiger partial charge in [-0.05, 0) is 34.3 Å². The first-order valence-electron chi connectivity index (χ1n) is 7.24. The van der Waals surface area contributed by atoms with Gasteiger partial charge in [0.25, 0.3) is 0 Å². The van der Waals surface area contributed by atoms with Gasteiger partial charge in [0.15, 0.2) is 5.78 Å². The highest BCUT2D eigenvalue weighted by atomic mass is 16.6. The fourth-order valence-electron chi connectivity index (χ4n) is 3.09. The first-order valence-corrected chi connectivity index (χ1v) is 7.24. The van der Waals surface area contributed by atoms with Gasteiger partial charge in [0.2, 0.25) is 11.6 Å². The molecular weight excluding hydrogens is 282 g/mol. The summed E-state index contributed by atoms with van der Waals surface area (Å²) in [6.45, 7) is 2.07. The van der Waals surface area contributed by atoms with Crippen molar-refractivity contribution in [3.05, 3.63) is 41.4 Å². The predicted octanol–water partition coefficient (Wildman–Crippen LogP) is 2.30. The van der Waals surface area contributed by atoms with Crippen LogP contribution in [-0.4, -0.2) is 21.1 Å². The summed E-state index contributed by atoms with van der Waals surface area (Å²) in [5, 5.41) is 14.2. The summed E-state index contributed by atoms with van der Waals surface area (Å²) in [6.07, 6.45) is 4.81. The maximum Gasteiger partial charge on any atom is 0.219 e. The Kier molecular flexibility index (Phi) is 2.92. The molecule has 0 radical (unpaired) electrons. The molecule has 22 heavy (non-hydrogen) atoms. The lowest BCUT2D eigenvalue weighted by Crippen LogP contribution is -2.26. The molecule has 4 rings (SSSR count). The Bertz CT molecular complexity index is 752. The summed E-state index contributed by atoms with van der Waals surface area (Å²) in [5.41, 5.74) is 2.54. The normalized spacial score (nSPS) is 24.0.